The first-order chi connectivity index (χ1) is 11.1. The molecule has 0 amide bonds. The predicted octanol–water partition coefficient (Wildman–Crippen LogP) is 2.74. The van der Waals surface area contributed by atoms with Crippen LogP contribution in [-0.4, -0.2) is 32.9 Å². The van der Waals surface area contributed by atoms with E-state index in [0.29, 0.717) is 5.95 Å². The summed E-state index contributed by atoms with van der Waals surface area (Å²) in [6, 6.07) is 8.03. The molecule has 0 atom stereocenters. The summed E-state index contributed by atoms with van der Waals surface area (Å²) in [6.07, 6.45) is 2.46. The fraction of sp³-hybridized carbons (Fsp3) is 0.471. The zero-order valence-electron chi connectivity index (χ0n) is 13.8. The molecule has 23 heavy (non-hydrogen) atoms. The molecule has 3 rings (SSSR count). The number of piperidine rings is 1. The second-order valence-corrected chi connectivity index (χ2v) is 6.33. The largest absolute Gasteiger partial charge is 0.368 e. The predicted molar refractivity (Wildman–Crippen MR) is 92.4 cm³/mol. The Kier molecular flexibility index (Phi) is 4.71. The number of nitrogens with zero attached hydrogens (tertiary/aromatic N) is 4. The van der Waals surface area contributed by atoms with Crippen molar-refractivity contribution >= 4 is 17.6 Å². The quantitative estimate of drug-likeness (QED) is 0.903. The van der Waals surface area contributed by atoms with E-state index in [2.05, 4.69) is 32.1 Å². The van der Waals surface area contributed by atoms with Gasteiger partial charge in [0.05, 0.1) is 6.54 Å². The van der Waals surface area contributed by atoms with Gasteiger partial charge in [-0.05, 0) is 50.4 Å². The number of aryl methyl sites for hydroxylation is 1. The highest BCUT2D eigenvalue weighted by molar-refractivity contribution is 5.58. The fourth-order valence-corrected chi connectivity index (χ4v) is 2.82. The maximum absolute atomic E-state index is 5.86. The van der Waals surface area contributed by atoms with Crippen molar-refractivity contribution < 1.29 is 0 Å². The van der Waals surface area contributed by atoms with Crippen molar-refractivity contribution in [2.24, 2.45) is 5.92 Å². The van der Waals surface area contributed by atoms with Gasteiger partial charge in [-0.2, -0.15) is 15.0 Å². The second kappa shape index (κ2) is 6.91. The molecule has 1 aliphatic rings. The SMILES string of the molecule is Cc1ccccc1Nc1nc(N)nc(CN2CCC(C)CC2)n1. The van der Waals surface area contributed by atoms with Gasteiger partial charge >= 0.3 is 0 Å². The zero-order valence-corrected chi connectivity index (χ0v) is 13.8. The number of hydrogen-bond acceptors (Lipinski definition) is 6. The summed E-state index contributed by atoms with van der Waals surface area (Å²) in [5.74, 6) is 2.31. The molecule has 0 spiro atoms. The zero-order chi connectivity index (χ0) is 16.2. The van der Waals surface area contributed by atoms with E-state index in [1.54, 1.807) is 0 Å². The first-order valence-corrected chi connectivity index (χ1v) is 8.15. The van der Waals surface area contributed by atoms with E-state index >= 15 is 0 Å². The highest BCUT2D eigenvalue weighted by atomic mass is 15.2. The molecule has 0 bridgehead atoms. The molecule has 6 heteroatoms. The highest BCUT2D eigenvalue weighted by Crippen LogP contribution is 2.20. The van der Waals surface area contributed by atoms with Crippen LogP contribution in [0.25, 0.3) is 0 Å². The van der Waals surface area contributed by atoms with E-state index in [-0.39, 0.29) is 5.95 Å². The minimum atomic E-state index is 0.261. The normalized spacial score (nSPS) is 16.4. The third kappa shape index (κ3) is 4.16. The monoisotopic (exact) mass is 312 g/mol. The lowest BCUT2D eigenvalue weighted by molar-refractivity contribution is 0.181. The number of nitrogens with one attached hydrogen (secondary N) is 1. The molecule has 122 valence electrons. The summed E-state index contributed by atoms with van der Waals surface area (Å²) in [5.41, 5.74) is 7.98. The molecule has 2 aromatic rings. The van der Waals surface area contributed by atoms with Crippen LogP contribution in [0.1, 0.15) is 31.2 Å². The van der Waals surface area contributed by atoms with Crippen LogP contribution in [0.3, 0.4) is 0 Å². The molecule has 6 nitrogen and oxygen atoms in total. The summed E-state index contributed by atoms with van der Waals surface area (Å²) in [7, 11) is 0. The molecule has 0 unspecified atom stereocenters. The van der Waals surface area contributed by atoms with Crippen LogP contribution in [0.4, 0.5) is 17.6 Å². The smallest absolute Gasteiger partial charge is 0.232 e. The van der Waals surface area contributed by atoms with E-state index in [1.165, 1.54) is 12.8 Å². The Morgan fingerprint density at radius 2 is 1.91 bits per heavy atom. The van der Waals surface area contributed by atoms with Crippen molar-refractivity contribution in [3.63, 3.8) is 0 Å². The van der Waals surface area contributed by atoms with Gasteiger partial charge < -0.3 is 11.1 Å². The number of hydrogen-bond donors (Lipinski definition) is 2. The maximum atomic E-state index is 5.86. The summed E-state index contributed by atoms with van der Waals surface area (Å²) < 4.78 is 0. The van der Waals surface area contributed by atoms with Crippen molar-refractivity contribution in [1.29, 1.82) is 0 Å². The van der Waals surface area contributed by atoms with Gasteiger partial charge in [-0.1, -0.05) is 25.1 Å². The molecule has 0 aliphatic carbocycles. The van der Waals surface area contributed by atoms with Gasteiger partial charge in [-0.25, -0.2) is 0 Å². The van der Waals surface area contributed by atoms with Crippen LogP contribution in [-0.2, 0) is 6.54 Å². The molecule has 1 aromatic carbocycles. The van der Waals surface area contributed by atoms with Crippen molar-refractivity contribution in [1.82, 2.24) is 19.9 Å². The van der Waals surface area contributed by atoms with Gasteiger partial charge in [0.2, 0.25) is 11.9 Å². The summed E-state index contributed by atoms with van der Waals surface area (Å²) in [5, 5.41) is 3.24. The van der Waals surface area contributed by atoms with E-state index in [1.807, 2.05) is 31.2 Å². The van der Waals surface area contributed by atoms with Crippen molar-refractivity contribution in [2.75, 3.05) is 24.1 Å². The van der Waals surface area contributed by atoms with Gasteiger partial charge in [-0.3, -0.25) is 4.90 Å². The van der Waals surface area contributed by atoms with E-state index in [9.17, 15) is 0 Å². The maximum Gasteiger partial charge on any atom is 0.232 e. The standard InChI is InChI=1S/C17H24N6/c1-12-7-9-23(10-8-12)11-15-20-16(18)22-17(21-15)19-14-6-4-3-5-13(14)2/h3-6,12H,7-11H2,1-2H3,(H3,18,19,20,21,22). The summed E-state index contributed by atoms with van der Waals surface area (Å²) in [4.78, 5) is 15.4. The third-order valence-corrected chi connectivity index (χ3v) is 4.33. The molecule has 0 saturated carbocycles. The van der Waals surface area contributed by atoms with Gasteiger partial charge in [-0.15, -0.1) is 0 Å². The van der Waals surface area contributed by atoms with Crippen molar-refractivity contribution in [3.05, 3.63) is 35.7 Å². The number of aromatic nitrogens is 3. The van der Waals surface area contributed by atoms with E-state index in [4.69, 9.17) is 5.73 Å². The minimum Gasteiger partial charge on any atom is -0.368 e. The molecule has 0 radical (unpaired) electrons. The third-order valence-electron chi connectivity index (χ3n) is 4.33. The molecule has 3 N–H and O–H groups in total. The number of nitrogen functional groups attached to an aromatic ring is 1. The topological polar surface area (TPSA) is 80.0 Å². The van der Waals surface area contributed by atoms with Gasteiger partial charge in [0.1, 0.15) is 5.82 Å². The molecule has 1 fully saturated rings. The van der Waals surface area contributed by atoms with Gasteiger partial charge in [0.25, 0.3) is 0 Å². The number of rotatable bonds is 4. The molecule has 1 saturated heterocycles. The lowest BCUT2D eigenvalue weighted by Crippen LogP contribution is -2.33. The highest BCUT2D eigenvalue weighted by Gasteiger charge is 2.17. The van der Waals surface area contributed by atoms with E-state index < -0.39 is 0 Å². The van der Waals surface area contributed by atoms with Crippen molar-refractivity contribution in [2.45, 2.75) is 33.2 Å². The molecule has 1 aliphatic heterocycles. The molecular formula is C17H24N6. The first-order valence-electron chi connectivity index (χ1n) is 8.15. The van der Waals surface area contributed by atoms with E-state index in [0.717, 1.165) is 42.6 Å². The van der Waals surface area contributed by atoms with Crippen LogP contribution in [0.5, 0.6) is 0 Å². The number of benzene rings is 1. The molecule has 1 aromatic heterocycles. The Labute approximate surface area is 137 Å². The van der Waals surface area contributed by atoms with Crippen LogP contribution in [0, 0.1) is 12.8 Å². The summed E-state index contributed by atoms with van der Waals surface area (Å²) >= 11 is 0. The Morgan fingerprint density at radius 3 is 2.65 bits per heavy atom. The Balaban J connectivity index is 1.73. The number of likely N-dealkylation sites (tertiary alicyclic amines) is 1. The Bertz CT molecular complexity index is 664. The lowest BCUT2D eigenvalue weighted by Gasteiger charge is -2.29. The average molecular weight is 312 g/mol. The minimum absolute atomic E-state index is 0.261. The number of nitrogens with two attached hydrogens (primary N) is 1. The van der Waals surface area contributed by atoms with Gasteiger partial charge in [0.15, 0.2) is 0 Å². The lowest BCUT2D eigenvalue weighted by atomic mass is 9.99. The Hall–Kier alpha value is -2.21. The average Bonchev–Trinajstić information content (AvgIpc) is 2.51. The number of anilines is 3. The summed E-state index contributed by atoms with van der Waals surface area (Å²) in [6.45, 7) is 7.26. The Morgan fingerprint density at radius 1 is 1.17 bits per heavy atom. The molecule has 2 heterocycles. The molecular weight excluding hydrogens is 288 g/mol. The number of para-hydroxylation sites is 1. The van der Waals surface area contributed by atoms with Crippen LogP contribution < -0.4 is 11.1 Å². The second-order valence-electron chi connectivity index (χ2n) is 6.33. The van der Waals surface area contributed by atoms with Crippen LogP contribution in [0.15, 0.2) is 24.3 Å². The van der Waals surface area contributed by atoms with Gasteiger partial charge in [0, 0.05) is 5.69 Å². The fourth-order valence-electron chi connectivity index (χ4n) is 2.82. The van der Waals surface area contributed by atoms with Crippen LogP contribution >= 0.6 is 0 Å². The first kappa shape index (κ1) is 15.7. The van der Waals surface area contributed by atoms with Crippen molar-refractivity contribution in [3.8, 4) is 0 Å². The van der Waals surface area contributed by atoms with Crippen LogP contribution in [0.2, 0.25) is 0 Å².